The van der Waals surface area contributed by atoms with Gasteiger partial charge >= 0.3 is 5.63 Å². The van der Waals surface area contributed by atoms with Crippen molar-refractivity contribution >= 4 is 22.7 Å². The Morgan fingerprint density at radius 1 is 1.33 bits per heavy atom. The Kier molecular flexibility index (Phi) is 3.11. The molecule has 0 bridgehead atoms. The predicted octanol–water partition coefficient (Wildman–Crippen LogP) is 3.30. The normalized spacial score (nSPS) is 10.7. The van der Waals surface area contributed by atoms with Crippen molar-refractivity contribution < 1.29 is 4.42 Å². The van der Waals surface area contributed by atoms with Crippen LogP contribution in [0.3, 0.4) is 0 Å². The van der Waals surface area contributed by atoms with Crippen LogP contribution in [0.4, 0.5) is 0 Å². The Bertz CT molecular complexity index is 516. The van der Waals surface area contributed by atoms with Gasteiger partial charge in [0.15, 0.2) is 0 Å². The molecule has 2 aromatic rings. The van der Waals surface area contributed by atoms with Crippen molar-refractivity contribution in [3.8, 4) is 0 Å². The first kappa shape index (κ1) is 10.3. The lowest BCUT2D eigenvalue weighted by Crippen LogP contribution is -1.97. The summed E-state index contributed by atoms with van der Waals surface area (Å²) in [7, 11) is 0. The lowest BCUT2D eigenvalue weighted by Gasteiger charge is -2.03. The molecule has 0 amide bonds. The van der Waals surface area contributed by atoms with Crippen LogP contribution in [0, 0.1) is 0 Å². The minimum atomic E-state index is -0.271. The van der Waals surface area contributed by atoms with Gasteiger partial charge in [0, 0.05) is 16.3 Å². The van der Waals surface area contributed by atoms with E-state index < -0.39 is 0 Å². The number of rotatable bonds is 3. The molecule has 15 heavy (non-hydrogen) atoms. The molecule has 1 aromatic carbocycles. The SMILES string of the molecule is CCCSc1cc(=O)oc2ccccc12. The average Bonchev–Trinajstić information content (AvgIpc) is 2.25. The van der Waals surface area contributed by atoms with Crippen LogP contribution in [-0.2, 0) is 0 Å². The highest BCUT2D eigenvalue weighted by Gasteiger charge is 2.04. The fraction of sp³-hybridized carbons (Fsp3) is 0.250. The van der Waals surface area contributed by atoms with Crippen LogP contribution in [0.2, 0.25) is 0 Å². The molecule has 0 unspecified atom stereocenters. The lowest BCUT2D eigenvalue weighted by molar-refractivity contribution is 0.557. The van der Waals surface area contributed by atoms with Crippen molar-refractivity contribution in [3.05, 3.63) is 40.8 Å². The highest BCUT2D eigenvalue weighted by atomic mass is 32.2. The molecule has 0 spiro atoms. The smallest absolute Gasteiger partial charge is 0.337 e. The number of para-hydroxylation sites is 1. The van der Waals surface area contributed by atoms with Gasteiger partial charge in [-0.05, 0) is 18.2 Å². The van der Waals surface area contributed by atoms with E-state index in [1.165, 1.54) is 0 Å². The molecule has 0 radical (unpaired) electrons. The van der Waals surface area contributed by atoms with Crippen LogP contribution in [0.25, 0.3) is 11.0 Å². The maximum Gasteiger partial charge on any atom is 0.337 e. The summed E-state index contributed by atoms with van der Waals surface area (Å²) in [5.41, 5.74) is 0.399. The molecule has 0 fully saturated rings. The Morgan fingerprint density at radius 2 is 2.13 bits per heavy atom. The van der Waals surface area contributed by atoms with Crippen LogP contribution in [0.5, 0.6) is 0 Å². The van der Waals surface area contributed by atoms with E-state index in [0.717, 1.165) is 22.5 Å². The number of thioether (sulfide) groups is 1. The van der Waals surface area contributed by atoms with E-state index >= 15 is 0 Å². The highest BCUT2D eigenvalue weighted by molar-refractivity contribution is 7.99. The predicted molar refractivity (Wildman–Crippen MR) is 63.5 cm³/mol. The summed E-state index contributed by atoms with van der Waals surface area (Å²) < 4.78 is 5.11. The molecule has 3 heteroatoms. The zero-order valence-corrected chi connectivity index (χ0v) is 9.34. The molecule has 0 N–H and O–H groups in total. The van der Waals surface area contributed by atoms with E-state index in [0.29, 0.717) is 5.58 Å². The molecule has 0 saturated carbocycles. The lowest BCUT2D eigenvalue weighted by atomic mass is 10.2. The van der Waals surface area contributed by atoms with Crippen molar-refractivity contribution in [1.82, 2.24) is 0 Å². The van der Waals surface area contributed by atoms with Gasteiger partial charge in [0.2, 0.25) is 0 Å². The third-order valence-electron chi connectivity index (χ3n) is 2.07. The Balaban J connectivity index is 2.55. The monoisotopic (exact) mass is 220 g/mol. The third-order valence-corrected chi connectivity index (χ3v) is 3.33. The topological polar surface area (TPSA) is 30.2 Å². The Hall–Kier alpha value is -1.22. The molecule has 0 saturated heterocycles. The fourth-order valence-corrected chi connectivity index (χ4v) is 2.34. The summed E-state index contributed by atoms with van der Waals surface area (Å²) in [4.78, 5) is 12.3. The second kappa shape index (κ2) is 4.53. The van der Waals surface area contributed by atoms with Crippen molar-refractivity contribution in [3.63, 3.8) is 0 Å². The van der Waals surface area contributed by atoms with Gasteiger partial charge in [0.25, 0.3) is 0 Å². The molecule has 78 valence electrons. The number of benzene rings is 1. The van der Waals surface area contributed by atoms with Gasteiger partial charge in [0.1, 0.15) is 5.58 Å². The molecule has 1 aromatic heterocycles. The molecule has 1 heterocycles. The van der Waals surface area contributed by atoms with Crippen LogP contribution >= 0.6 is 11.8 Å². The quantitative estimate of drug-likeness (QED) is 0.587. The van der Waals surface area contributed by atoms with Gasteiger partial charge in [-0.15, -0.1) is 11.8 Å². The van der Waals surface area contributed by atoms with Crippen molar-refractivity contribution in [2.24, 2.45) is 0 Å². The van der Waals surface area contributed by atoms with Gasteiger partial charge in [-0.1, -0.05) is 25.1 Å². The minimum absolute atomic E-state index is 0.271. The fourth-order valence-electron chi connectivity index (χ4n) is 1.41. The van der Waals surface area contributed by atoms with E-state index in [4.69, 9.17) is 4.42 Å². The number of fused-ring (bicyclic) bond motifs is 1. The maximum absolute atomic E-state index is 11.3. The molecule has 0 aliphatic rings. The summed E-state index contributed by atoms with van der Waals surface area (Å²) in [5, 5.41) is 1.02. The van der Waals surface area contributed by atoms with Crippen molar-refractivity contribution in [2.45, 2.75) is 18.2 Å². The molecule has 2 rings (SSSR count). The summed E-state index contributed by atoms with van der Waals surface area (Å²) in [6, 6.07) is 9.21. The molecule has 2 nitrogen and oxygen atoms in total. The average molecular weight is 220 g/mol. The van der Waals surface area contributed by atoms with E-state index in [2.05, 4.69) is 6.92 Å². The van der Waals surface area contributed by atoms with E-state index in [1.54, 1.807) is 17.8 Å². The summed E-state index contributed by atoms with van der Waals surface area (Å²) in [5.74, 6) is 1.02. The number of hydrogen-bond acceptors (Lipinski definition) is 3. The standard InChI is InChI=1S/C12H12O2S/c1-2-7-15-11-8-12(13)14-10-6-4-3-5-9(10)11/h3-6,8H,2,7H2,1H3. The largest absolute Gasteiger partial charge is 0.423 e. The minimum Gasteiger partial charge on any atom is -0.423 e. The van der Waals surface area contributed by atoms with E-state index in [9.17, 15) is 4.79 Å². The first-order chi connectivity index (χ1) is 7.31. The summed E-state index contributed by atoms with van der Waals surface area (Å²) in [6.07, 6.45) is 1.10. The summed E-state index contributed by atoms with van der Waals surface area (Å²) in [6.45, 7) is 2.13. The van der Waals surface area contributed by atoms with Crippen LogP contribution < -0.4 is 5.63 Å². The van der Waals surface area contributed by atoms with Gasteiger partial charge in [-0.3, -0.25) is 0 Å². The summed E-state index contributed by atoms with van der Waals surface area (Å²) >= 11 is 1.70. The van der Waals surface area contributed by atoms with Gasteiger partial charge in [-0.25, -0.2) is 4.79 Å². The molecule has 0 aliphatic carbocycles. The Morgan fingerprint density at radius 3 is 2.93 bits per heavy atom. The van der Waals surface area contributed by atoms with E-state index in [1.807, 2.05) is 24.3 Å². The van der Waals surface area contributed by atoms with Gasteiger partial charge in [-0.2, -0.15) is 0 Å². The Labute approximate surface area is 92.3 Å². The molecular weight excluding hydrogens is 208 g/mol. The zero-order chi connectivity index (χ0) is 10.7. The van der Waals surface area contributed by atoms with Crippen LogP contribution in [0.15, 0.2) is 44.4 Å². The molecule has 0 aliphatic heterocycles. The van der Waals surface area contributed by atoms with E-state index in [-0.39, 0.29) is 5.63 Å². The number of hydrogen-bond donors (Lipinski definition) is 0. The van der Waals surface area contributed by atoms with Crippen molar-refractivity contribution in [1.29, 1.82) is 0 Å². The zero-order valence-electron chi connectivity index (χ0n) is 8.53. The second-order valence-corrected chi connectivity index (χ2v) is 4.41. The first-order valence-corrected chi connectivity index (χ1v) is 5.95. The molecule has 0 atom stereocenters. The van der Waals surface area contributed by atoms with Crippen LogP contribution in [0.1, 0.15) is 13.3 Å². The highest BCUT2D eigenvalue weighted by Crippen LogP contribution is 2.26. The van der Waals surface area contributed by atoms with Crippen molar-refractivity contribution in [2.75, 3.05) is 5.75 Å². The van der Waals surface area contributed by atoms with Gasteiger partial charge in [0.05, 0.1) is 0 Å². The van der Waals surface area contributed by atoms with Gasteiger partial charge < -0.3 is 4.42 Å². The first-order valence-electron chi connectivity index (χ1n) is 4.97. The second-order valence-electron chi connectivity index (χ2n) is 3.27. The maximum atomic E-state index is 11.3. The third kappa shape index (κ3) is 2.23. The van der Waals surface area contributed by atoms with Crippen LogP contribution in [-0.4, -0.2) is 5.75 Å². The molecular formula is C12H12O2S.